The molecule has 1 unspecified atom stereocenters. The molecule has 0 aliphatic carbocycles. The van der Waals surface area contributed by atoms with Crippen molar-refractivity contribution in [1.29, 1.82) is 0 Å². The van der Waals surface area contributed by atoms with E-state index in [1.165, 1.54) is 36.0 Å². The summed E-state index contributed by atoms with van der Waals surface area (Å²) in [7, 11) is 0. The van der Waals surface area contributed by atoms with Crippen LogP contribution in [0.15, 0.2) is 48.5 Å². The van der Waals surface area contributed by atoms with E-state index in [1.54, 1.807) is 0 Å². The first-order valence-corrected chi connectivity index (χ1v) is 10.1. The molecule has 26 heavy (non-hydrogen) atoms. The van der Waals surface area contributed by atoms with Gasteiger partial charge in [-0.15, -0.1) is 0 Å². The fourth-order valence-corrected chi connectivity index (χ4v) is 4.16. The molecule has 138 valence electrons. The van der Waals surface area contributed by atoms with Crippen LogP contribution >= 0.6 is 0 Å². The third-order valence-electron chi connectivity index (χ3n) is 5.53. The Balaban J connectivity index is 1.55. The van der Waals surface area contributed by atoms with Crippen molar-refractivity contribution >= 4 is 0 Å². The van der Waals surface area contributed by atoms with Crippen molar-refractivity contribution in [2.24, 2.45) is 0 Å². The zero-order chi connectivity index (χ0) is 17.6. The Morgan fingerprint density at radius 1 is 1.00 bits per heavy atom. The van der Waals surface area contributed by atoms with Gasteiger partial charge in [0.15, 0.2) is 0 Å². The molecule has 2 aliphatic heterocycles. The Morgan fingerprint density at radius 2 is 1.92 bits per heavy atom. The highest BCUT2D eigenvalue weighted by Gasteiger charge is 2.20. The highest BCUT2D eigenvalue weighted by atomic mass is 16.5. The van der Waals surface area contributed by atoms with E-state index in [1.807, 2.05) is 0 Å². The average Bonchev–Trinajstić information content (AvgIpc) is 3.37. The van der Waals surface area contributed by atoms with E-state index < -0.39 is 0 Å². The van der Waals surface area contributed by atoms with Gasteiger partial charge >= 0.3 is 0 Å². The molecule has 2 heterocycles. The Hall–Kier alpha value is -1.84. The molecule has 2 aromatic carbocycles. The van der Waals surface area contributed by atoms with Crippen molar-refractivity contribution < 1.29 is 9.47 Å². The Kier molecular flexibility index (Phi) is 5.88. The van der Waals surface area contributed by atoms with Gasteiger partial charge < -0.3 is 14.8 Å². The number of rotatable bonds is 7. The van der Waals surface area contributed by atoms with Gasteiger partial charge in [-0.2, -0.15) is 0 Å². The molecule has 2 saturated heterocycles. The van der Waals surface area contributed by atoms with Crippen LogP contribution in [0.2, 0.25) is 0 Å². The summed E-state index contributed by atoms with van der Waals surface area (Å²) in [5.74, 6) is 1.00. The molecule has 0 radical (unpaired) electrons. The van der Waals surface area contributed by atoms with E-state index in [0.29, 0.717) is 12.1 Å². The second-order valence-electron chi connectivity index (χ2n) is 7.43. The lowest BCUT2D eigenvalue weighted by molar-refractivity contribution is 0.111. The molecule has 1 N–H and O–H groups in total. The molecule has 3 heteroatoms. The number of nitrogens with one attached hydrogen (secondary N) is 1. The molecule has 0 spiro atoms. The van der Waals surface area contributed by atoms with Crippen LogP contribution in [0, 0.1) is 0 Å². The average molecular weight is 351 g/mol. The van der Waals surface area contributed by atoms with Crippen molar-refractivity contribution in [2.75, 3.05) is 19.8 Å². The highest BCUT2D eigenvalue weighted by Crippen LogP contribution is 2.35. The van der Waals surface area contributed by atoms with E-state index in [9.17, 15) is 0 Å². The van der Waals surface area contributed by atoms with Crippen LogP contribution in [0.4, 0.5) is 0 Å². The smallest absolute Gasteiger partial charge is 0.127 e. The van der Waals surface area contributed by atoms with Crippen LogP contribution in [-0.4, -0.2) is 31.9 Å². The monoisotopic (exact) mass is 351 g/mol. The minimum absolute atomic E-state index is 0.343. The number of hydrogen-bond acceptors (Lipinski definition) is 3. The van der Waals surface area contributed by atoms with Crippen LogP contribution in [0.5, 0.6) is 5.75 Å². The van der Waals surface area contributed by atoms with E-state index >= 15 is 0 Å². The summed E-state index contributed by atoms with van der Waals surface area (Å²) in [6.07, 6.45) is 7.28. The van der Waals surface area contributed by atoms with Crippen LogP contribution < -0.4 is 10.1 Å². The topological polar surface area (TPSA) is 30.5 Å². The molecule has 0 bridgehead atoms. The molecular formula is C23H29NO2. The van der Waals surface area contributed by atoms with Gasteiger partial charge in [0.1, 0.15) is 5.75 Å². The molecule has 4 rings (SSSR count). The zero-order valence-corrected chi connectivity index (χ0v) is 15.5. The van der Waals surface area contributed by atoms with Crippen molar-refractivity contribution in [1.82, 2.24) is 5.32 Å². The highest BCUT2D eigenvalue weighted by molar-refractivity contribution is 5.74. The van der Waals surface area contributed by atoms with Crippen molar-refractivity contribution in [3.05, 3.63) is 54.1 Å². The normalized spacial score (nSPS) is 22.6. The Labute approximate surface area is 156 Å². The summed E-state index contributed by atoms with van der Waals surface area (Å²) in [5.41, 5.74) is 3.80. The lowest BCUT2D eigenvalue weighted by atomic mass is 9.94. The first kappa shape index (κ1) is 17.6. The second kappa shape index (κ2) is 8.70. The van der Waals surface area contributed by atoms with Crippen LogP contribution in [0.3, 0.4) is 0 Å². The standard InChI is InChI=1S/C23H29NO2/c1-2-7-18(8-3-1)23-19(17-21-11-6-15-25-21)9-4-12-22(23)26-16-13-20-10-5-14-24-20/h1-4,7-9,12,20-21,24H,5-6,10-11,13-17H2/t20?,21-/m0/s1. The van der Waals surface area contributed by atoms with Gasteiger partial charge in [0.25, 0.3) is 0 Å². The molecule has 2 atom stereocenters. The number of hydrogen-bond donors (Lipinski definition) is 1. The van der Waals surface area contributed by atoms with E-state index in [4.69, 9.17) is 9.47 Å². The van der Waals surface area contributed by atoms with Crippen molar-refractivity contribution in [3.63, 3.8) is 0 Å². The first-order chi connectivity index (χ1) is 12.9. The fourth-order valence-electron chi connectivity index (χ4n) is 4.16. The van der Waals surface area contributed by atoms with E-state index in [0.717, 1.165) is 44.8 Å². The first-order valence-electron chi connectivity index (χ1n) is 10.1. The summed E-state index contributed by atoms with van der Waals surface area (Å²) in [4.78, 5) is 0. The molecule has 0 saturated carbocycles. The largest absolute Gasteiger partial charge is 0.493 e. The second-order valence-corrected chi connectivity index (χ2v) is 7.43. The summed E-state index contributed by atoms with van der Waals surface area (Å²) in [5, 5.41) is 3.55. The summed E-state index contributed by atoms with van der Waals surface area (Å²) >= 11 is 0. The zero-order valence-electron chi connectivity index (χ0n) is 15.5. The molecule has 0 aromatic heterocycles. The number of benzene rings is 2. The maximum atomic E-state index is 6.28. The molecule has 0 amide bonds. The lowest BCUT2D eigenvalue weighted by Gasteiger charge is -2.19. The third-order valence-corrected chi connectivity index (χ3v) is 5.53. The van der Waals surface area contributed by atoms with Gasteiger partial charge in [0.05, 0.1) is 12.7 Å². The maximum Gasteiger partial charge on any atom is 0.127 e. The molecule has 3 nitrogen and oxygen atoms in total. The van der Waals surface area contributed by atoms with Gasteiger partial charge in [-0.1, -0.05) is 42.5 Å². The van der Waals surface area contributed by atoms with Gasteiger partial charge in [-0.25, -0.2) is 0 Å². The van der Waals surface area contributed by atoms with Crippen molar-refractivity contribution in [2.45, 2.75) is 50.7 Å². The fraction of sp³-hybridized carbons (Fsp3) is 0.478. The van der Waals surface area contributed by atoms with Crippen LogP contribution in [0.25, 0.3) is 11.1 Å². The minimum Gasteiger partial charge on any atom is -0.493 e. The van der Waals surface area contributed by atoms with Crippen LogP contribution in [-0.2, 0) is 11.2 Å². The lowest BCUT2D eigenvalue weighted by Crippen LogP contribution is -2.23. The minimum atomic E-state index is 0.343. The maximum absolute atomic E-state index is 6.28. The summed E-state index contributed by atoms with van der Waals surface area (Å²) in [6, 6.07) is 17.7. The predicted molar refractivity (Wildman–Crippen MR) is 106 cm³/mol. The third kappa shape index (κ3) is 4.28. The molecule has 2 fully saturated rings. The summed E-state index contributed by atoms with van der Waals surface area (Å²) < 4.78 is 12.2. The van der Waals surface area contributed by atoms with Gasteiger partial charge in [-0.3, -0.25) is 0 Å². The van der Waals surface area contributed by atoms with Gasteiger partial charge in [0.2, 0.25) is 0 Å². The quantitative estimate of drug-likeness (QED) is 0.791. The number of ether oxygens (including phenoxy) is 2. The Morgan fingerprint density at radius 3 is 2.69 bits per heavy atom. The van der Waals surface area contributed by atoms with Gasteiger partial charge in [-0.05, 0) is 62.3 Å². The SMILES string of the molecule is c1ccc(-c2c(C[C@@H]3CCCO3)cccc2OCCC2CCCN2)cc1. The Bertz CT molecular complexity index is 689. The molecule has 2 aliphatic rings. The van der Waals surface area contributed by atoms with Crippen molar-refractivity contribution in [3.8, 4) is 16.9 Å². The van der Waals surface area contributed by atoms with E-state index in [-0.39, 0.29) is 0 Å². The molecule has 2 aromatic rings. The van der Waals surface area contributed by atoms with Gasteiger partial charge in [0, 0.05) is 18.2 Å². The molecular weight excluding hydrogens is 322 g/mol. The summed E-state index contributed by atoms with van der Waals surface area (Å²) in [6.45, 7) is 2.81. The predicted octanol–water partition coefficient (Wildman–Crippen LogP) is 4.60. The van der Waals surface area contributed by atoms with Crippen LogP contribution in [0.1, 0.15) is 37.7 Å². The van der Waals surface area contributed by atoms with E-state index in [2.05, 4.69) is 53.8 Å².